The predicted octanol–water partition coefficient (Wildman–Crippen LogP) is 4.59. The van der Waals surface area contributed by atoms with E-state index in [0.29, 0.717) is 16.6 Å². The summed E-state index contributed by atoms with van der Waals surface area (Å²) in [5, 5.41) is 21.3. The van der Waals surface area contributed by atoms with Crippen LogP contribution in [0, 0.1) is 5.41 Å². The Labute approximate surface area is 191 Å². The molecular formula is C22H30N2O5S2. The van der Waals surface area contributed by atoms with Crippen molar-refractivity contribution < 1.29 is 24.5 Å². The molecule has 1 aromatic rings. The molecule has 2 aliphatic rings. The fourth-order valence-corrected chi connectivity index (χ4v) is 5.75. The molecule has 0 spiro atoms. The van der Waals surface area contributed by atoms with Gasteiger partial charge in [-0.2, -0.15) is 0 Å². The summed E-state index contributed by atoms with van der Waals surface area (Å²) >= 11 is 2.70. The number of carboxylic acid groups (broad SMARTS) is 1. The number of cyclic esters (lactones) is 1. The summed E-state index contributed by atoms with van der Waals surface area (Å²) in [6.45, 7) is 4.92. The van der Waals surface area contributed by atoms with Crippen LogP contribution in [-0.4, -0.2) is 63.2 Å². The normalized spacial score (nSPS) is 21.1. The van der Waals surface area contributed by atoms with Crippen LogP contribution in [0.1, 0.15) is 56.4 Å². The molecule has 1 saturated heterocycles. The number of carbonyl (C=O) groups is 2. The number of carbonyl (C=O) groups excluding carboxylic acids is 1. The molecule has 1 aromatic heterocycles. The minimum atomic E-state index is -1.04. The lowest BCUT2D eigenvalue weighted by Gasteiger charge is -2.45. The molecule has 0 bridgehead atoms. The molecule has 2 N–H and O–H groups in total. The van der Waals surface area contributed by atoms with Crippen LogP contribution in [0.25, 0.3) is 0 Å². The first-order valence-electron chi connectivity index (χ1n) is 10.6. The van der Waals surface area contributed by atoms with E-state index in [4.69, 9.17) is 9.84 Å². The van der Waals surface area contributed by atoms with Gasteiger partial charge in [-0.05, 0) is 39.5 Å². The number of allylic oxidation sites excluding steroid dienone is 2. The lowest BCUT2D eigenvalue weighted by molar-refractivity contribution is -0.0118. The summed E-state index contributed by atoms with van der Waals surface area (Å²) < 4.78 is 5.88. The smallest absolute Gasteiger partial charge is 0.410 e. The molecule has 9 heteroatoms. The van der Waals surface area contributed by atoms with Gasteiger partial charge in [-0.15, -0.1) is 11.3 Å². The summed E-state index contributed by atoms with van der Waals surface area (Å²) in [5.41, 5.74) is 1.28. The van der Waals surface area contributed by atoms with Crippen molar-refractivity contribution in [2.45, 2.75) is 62.4 Å². The first-order chi connectivity index (χ1) is 14.8. The Morgan fingerprint density at radius 2 is 2.26 bits per heavy atom. The van der Waals surface area contributed by atoms with Gasteiger partial charge in [-0.3, -0.25) is 4.90 Å². The summed E-state index contributed by atoms with van der Waals surface area (Å²) in [6.07, 6.45) is 10.2. The van der Waals surface area contributed by atoms with E-state index in [0.717, 1.165) is 32.1 Å². The summed E-state index contributed by atoms with van der Waals surface area (Å²) in [5.74, 6) is -0.457. The second-order valence-corrected chi connectivity index (χ2v) is 10.6. The van der Waals surface area contributed by atoms with Crippen molar-refractivity contribution in [3.05, 3.63) is 34.9 Å². The number of aromatic carboxylic acids is 1. The van der Waals surface area contributed by atoms with Gasteiger partial charge in [-0.1, -0.05) is 42.0 Å². The maximum Gasteiger partial charge on any atom is 0.410 e. The molecule has 31 heavy (non-hydrogen) atoms. The van der Waals surface area contributed by atoms with Gasteiger partial charge >= 0.3 is 12.1 Å². The van der Waals surface area contributed by atoms with Crippen LogP contribution in [-0.2, 0) is 4.74 Å². The van der Waals surface area contributed by atoms with Gasteiger partial charge in [0, 0.05) is 23.1 Å². The third kappa shape index (κ3) is 6.11. The molecule has 3 rings (SSSR count). The van der Waals surface area contributed by atoms with Gasteiger partial charge in [0.05, 0.1) is 12.1 Å². The molecule has 2 heterocycles. The van der Waals surface area contributed by atoms with Gasteiger partial charge in [0.1, 0.15) is 6.61 Å². The van der Waals surface area contributed by atoms with Crippen molar-refractivity contribution in [1.82, 2.24) is 9.88 Å². The van der Waals surface area contributed by atoms with E-state index >= 15 is 0 Å². The van der Waals surface area contributed by atoms with Gasteiger partial charge < -0.3 is 14.9 Å². The Bertz CT molecular complexity index is 843. The van der Waals surface area contributed by atoms with E-state index in [-0.39, 0.29) is 29.9 Å². The number of rotatable bonds is 11. The molecule has 1 amide bonds. The second kappa shape index (κ2) is 10.7. The van der Waals surface area contributed by atoms with Crippen LogP contribution < -0.4 is 0 Å². The topological polar surface area (TPSA) is 100.0 Å². The van der Waals surface area contributed by atoms with E-state index in [1.807, 2.05) is 12.2 Å². The van der Waals surface area contributed by atoms with Crippen LogP contribution in [0.5, 0.6) is 0 Å². The number of thiazole rings is 1. The zero-order valence-electron chi connectivity index (χ0n) is 18.0. The van der Waals surface area contributed by atoms with Crippen LogP contribution in [0.3, 0.4) is 0 Å². The third-order valence-electron chi connectivity index (χ3n) is 5.96. The minimum absolute atomic E-state index is 0.0393. The van der Waals surface area contributed by atoms with Crippen LogP contribution in [0.15, 0.2) is 33.5 Å². The highest BCUT2D eigenvalue weighted by atomic mass is 32.2. The number of aromatic nitrogens is 1. The van der Waals surface area contributed by atoms with Crippen molar-refractivity contribution in [1.29, 1.82) is 0 Å². The number of thioether (sulfide) groups is 1. The minimum Gasteiger partial charge on any atom is -0.476 e. The zero-order chi connectivity index (χ0) is 22.4. The van der Waals surface area contributed by atoms with E-state index in [1.165, 1.54) is 34.1 Å². The van der Waals surface area contributed by atoms with Crippen molar-refractivity contribution in [3.8, 4) is 0 Å². The molecule has 0 radical (unpaired) electrons. The number of carboxylic acids is 1. The molecule has 0 aromatic carbocycles. The average Bonchev–Trinajstić information content (AvgIpc) is 3.29. The SMILES string of the molecule is CC(C)=CCCC1([C@H](O)/C=C/[C@H]2COC(=O)N2CCSc2nc(C(=O)O)cs2)CCC1. The molecule has 1 aliphatic carbocycles. The predicted molar refractivity (Wildman–Crippen MR) is 122 cm³/mol. The molecular weight excluding hydrogens is 436 g/mol. The number of nitrogens with zero attached hydrogens (tertiary/aromatic N) is 2. The Balaban J connectivity index is 1.53. The van der Waals surface area contributed by atoms with E-state index in [9.17, 15) is 14.7 Å². The number of hydrogen-bond acceptors (Lipinski definition) is 7. The first kappa shape index (κ1) is 23.8. The quantitative estimate of drug-likeness (QED) is 0.363. The van der Waals surface area contributed by atoms with Crippen molar-refractivity contribution in [2.75, 3.05) is 18.9 Å². The van der Waals surface area contributed by atoms with E-state index in [2.05, 4.69) is 24.9 Å². The lowest BCUT2D eigenvalue weighted by Crippen LogP contribution is -2.41. The van der Waals surface area contributed by atoms with Crippen molar-refractivity contribution in [3.63, 3.8) is 0 Å². The highest BCUT2D eigenvalue weighted by Crippen LogP contribution is 2.48. The average molecular weight is 467 g/mol. The monoisotopic (exact) mass is 466 g/mol. The lowest BCUT2D eigenvalue weighted by atomic mass is 9.62. The number of aliphatic hydroxyl groups excluding tert-OH is 1. The number of aliphatic hydroxyl groups is 1. The Hall–Kier alpha value is -1.84. The van der Waals surface area contributed by atoms with Gasteiger partial charge in [0.25, 0.3) is 0 Å². The molecule has 1 aliphatic heterocycles. The molecule has 0 unspecified atom stereocenters. The Morgan fingerprint density at radius 1 is 1.48 bits per heavy atom. The molecule has 170 valence electrons. The molecule has 2 atom stereocenters. The van der Waals surface area contributed by atoms with Crippen molar-refractivity contribution >= 4 is 35.2 Å². The Morgan fingerprint density at radius 3 is 2.87 bits per heavy atom. The molecule has 2 fully saturated rings. The fourth-order valence-electron chi connectivity index (χ4n) is 3.95. The largest absolute Gasteiger partial charge is 0.476 e. The van der Waals surface area contributed by atoms with E-state index < -0.39 is 12.1 Å². The zero-order valence-corrected chi connectivity index (χ0v) is 19.6. The van der Waals surface area contributed by atoms with Crippen LogP contribution in [0.2, 0.25) is 0 Å². The van der Waals surface area contributed by atoms with Gasteiger partial charge in [0.2, 0.25) is 0 Å². The summed E-state index contributed by atoms with van der Waals surface area (Å²) in [6, 6.07) is -0.205. The highest BCUT2D eigenvalue weighted by Gasteiger charge is 2.42. The maximum atomic E-state index is 12.1. The van der Waals surface area contributed by atoms with Crippen LogP contribution in [0.4, 0.5) is 4.79 Å². The van der Waals surface area contributed by atoms with E-state index in [1.54, 1.807) is 4.90 Å². The third-order valence-corrected chi connectivity index (χ3v) is 7.96. The standard InChI is InChI=1S/C22H30N2O5S2/c1-15(2)5-3-8-22(9-4-10-22)18(25)7-6-16-13-29-21(28)24(16)11-12-30-20-23-17(14-31-20)19(26)27/h5-7,14,16,18,25H,3-4,8-13H2,1-2H3,(H,26,27)/b7-6+/t16-,18+/m0/s1. The first-order valence-corrected chi connectivity index (χ1v) is 12.4. The maximum absolute atomic E-state index is 12.1. The van der Waals surface area contributed by atoms with Gasteiger partial charge in [-0.25, -0.2) is 14.6 Å². The number of ether oxygens (including phenoxy) is 1. The number of amides is 1. The number of hydrogen-bond donors (Lipinski definition) is 2. The molecule has 7 nitrogen and oxygen atoms in total. The fraction of sp³-hybridized carbons (Fsp3) is 0.591. The molecule has 1 saturated carbocycles. The Kier molecular flexibility index (Phi) is 8.18. The summed E-state index contributed by atoms with van der Waals surface area (Å²) in [4.78, 5) is 28.8. The summed E-state index contributed by atoms with van der Waals surface area (Å²) in [7, 11) is 0. The highest BCUT2D eigenvalue weighted by molar-refractivity contribution is 8.01. The van der Waals surface area contributed by atoms with Crippen molar-refractivity contribution in [2.24, 2.45) is 5.41 Å². The van der Waals surface area contributed by atoms with Gasteiger partial charge in [0.15, 0.2) is 10.0 Å². The second-order valence-electron chi connectivity index (χ2n) is 8.36. The van der Waals surface area contributed by atoms with Crippen LogP contribution >= 0.6 is 23.1 Å².